The lowest BCUT2D eigenvalue weighted by atomic mass is 10.1. The van der Waals surface area contributed by atoms with Crippen LogP contribution in [-0.2, 0) is 10.0 Å². The van der Waals surface area contributed by atoms with Gasteiger partial charge in [-0.25, -0.2) is 17.2 Å². The summed E-state index contributed by atoms with van der Waals surface area (Å²) in [5.41, 5.74) is 1.19. The monoisotopic (exact) mass is 451 g/mol. The predicted octanol–water partition coefficient (Wildman–Crippen LogP) is 5.89. The minimum absolute atomic E-state index is 0.141. The molecule has 0 fully saturated rings. The minimum atomic E-state index is -4.20. The molecule has 0 spiro atoms. The van der Waals surface area contributed by atoms with E-state index in [1.807, 2.05) is 0 Å². The summed E-state index contributed by atoms with van der Waals surface area (Å²) in [6.45, 7) is 3.27. The lowest BCUT2D eigenvalue weighted by Gasteiger charge is -2.31. The quantitative estimate of drug-likeness (QED) is 0.469. The van der Waals surface area contributed by atoms with Gasteiger partial charge in [0.15, 0.2) is 0 Å². The zero-order valence-corrected chi connectivity index (χ0v) is 18.1. The molecule has 158 valence electrons. The molecule has 3 aromatic carbocycles. The molecule has 3 rings (SSSR count). The van der Waals surface area contributed by atoms with E-state index in [4.69, 9.17) is 16.3 Å². The molecule has 0 aliphatic carbocycles. The smallest absolute Gasteiger partial charge is 0.264 e. The van der Waals surface area contributed by atoms with Gasteiger partial charge in [0, 0.05) is 0 Å². The van der Waals surface area contributed by atoms with Crippen molar-refractivity contribution < 1.29 is 21.9 Å². The van der Waals surface area contributed by atoms with Crippen molar-refractivity contribution in [2.45, 2.75) is 24.8 Å². The number of halogens is 3. The van der Waals surface area contributed by atoms with Crippen LogP contribution < -0.4 is 9.04 Å². The van der Waals surface area contributed by atoms with Gasteiger partial charge in [0.1, 0.15) is 17.4 Å². The molecular weight excluding hydrogens is 432 g/mol. The van der Waals surface area contributed by atoms with Crippen LogP contribution in [0.25, 0.3) is 0 Å². The van der Waals surface area contributed by atoms with Gasteiger partial charge in [-0.1, -0.05) is 29.8 Å². The average Bonchev–Trinajstić information content (AvgIpc) is 2.72. The molecule has 0 N–H and O–H groups in total. The number of sulfonamides is 1. The maximum absolute atomic E-state index is 14.3. The van der Waals surface area contributed by atoms with E-state index in [9.17, 15) is 17.2 Å². The number of benzene rings is 3. The third-order valence-corrected chi connectivity index (χ3v) is 6.99. The summed E-state index contributed by atoms with van der Waals surface area (Å²) in [4.78, 5) is -0.199. The average molecular weight is 452 g/mol. The number of anilines is 1. The molecule has 1 unspecified atom stereocenters. The van der Waals surface area contributed by atoms with Gasteiger partial charge in [0.25, 0.3) is 10.0 Å². The number of aryl methyl sites for hydroxylation is 1. The van der Waals surface area contributed by atoms with Crippen LogP contribution in [0, 0.1) is 18.6 Å². The minimum Gasteiger partial charge on any atom is -0.497 e. The zero-order chi connectivity index (χ0) is 22.1. The molecule has 0 saturated carbocycles. The van der Waals surface area contributed by atoms with Crippen molar-refractivity contribution in [3.8, 4) is 5.75 Å². The Morgan fingerprint density at radius 1 is 0.967 bits per heavy atom. The molecule has 0 bridgehead atoms. The van der Waals surface area contributed by atoms with Gasteiger partial charge in [0.2, 0.25) is 0 Å². The Morgan fingerprint density at radius 2 is 1.63 bits per heavy atom. The highest BCUT2D eigenvalue weighted by Gasteiger charge is 2.31. The molecule has 0 heterocycles. The summed E-state index contributed by atoms with van der Waals surface area (Å²) in [5.74, 6) is -0.648. The molecular formula is C22H20ClF2NO3S. The van der Waals surface area contributed by atoms with Crippen molar-refractivity contribution in [2.24, 2.45) is 0 Å². The lowest BCUT2D eigenvalue weighted by molar-refractivity contribution is 0.414. The molecule has 0 aromatic heterocycles. The first kappa shape index (κ1) is 22.1. The van der Waals surface area contributed by atoms with Crippen molar-refractivity contribution in [3.05, 3.63) is 88.4 Å². The van der Waals surface area contributed by atoms with E-state index in [1.165, 1.54) is 19.2 Å². The fraction of sp³-hybridized carbons (Fsp3) is 0.182. The summed E-state index contributed by atoms with van der Waals surface area (Å²) in [7, 11) is -2.67. The van der Waals surface area contributed by atoms with Crippen LogP contribution in [0.15, 0.2) is 65.6 Å². The van der Waals surface area contributed by atoms with Crippen LogP contribution in [0.4, 0.5) is 14.5 Å². The maximum Gasteiger partial charge on any atom is 0.264 e. The van der Waals surface area contributed by atoms with Crippen molar-refractivity contribution in [2.75, 3.05) is 11.4 Å². The largest absolute Gasteiger partial charge is 0.497 e. The van der Waals surface area contributed by atoms with Crippen molar-refractivity contribution in [3.63, 3.8) is 0 Å². The lowest BCUT2D eigenvalue weighted by Crippen LogP contribution is -2.34. The highest BCUT2D eigenvalue weighted by Crippen LogP contribution is 2.35. The molecule has 0 amide bonds. The third-order valence-electron chi connectivity index (χ3n) is 4.81. The topological polar surface area (TPSA) is 46.6 Å². The van der Waals surface area contributed by atoms with E-state index in [0.29, 0.717) is 16.9 Å². The number of rotatable bonds is 6. The first-order valence-corrected chi connectivity index (χ1v) is 10.9. The molecule has 3 aromatic rings. The second kappa shape index (κ2) is 8.62. The molecule has 1 atom stereocenters. The molecule has 4 nitrogen and oxygen atoms in total. The Morgan fingerprint density at radius 3 is 2.20 bits per heavy atom. The molecule has 8 heteroatoms. The van der Waals surface area contributed by atoms with Crippen LogP contribution in [0.2, 0.25) is 5.02 Å². The van der Waals surface area contributed by atoms with Gasteiger partial charge in [-0.05, 0) is 67.4 Å². The summed E-state index contributed by atoms with van der Waals surface area (Å²) in [6, 6.07) is 13.5. The van der Waals surface area contributed by atoms with Crippen LogP contribution in [0.5, 0.6) is 5.75 Å². The van der Waals surface area contributed by atoms with Gasteiger partial charge in [-0.15, -0.1) is 0 Å². The van der Waals surface area contributed by atoms with Crippen LogP contribution >= 0.6 is 11.6 Å². The van der Waals surface area contributed by atoms with Crippen molar-refractivity contribution in [1.82, 2.24) is 0 Å². The molecule has 0 radical (unpaired) electrons. The predicted molar refractivity (Wildman–Crippen MR) is 114 cm³/mol. The fourth-order valence-electron chi connectivity index (χ4n) is 3.06. The fourth-order valence-corrected chi connectivity index (χ4v) is 4.97. The van der Waals surface area contributed by atoms with Crippen LogP contribution in [0.1, 0.15) is 24.1 Å². The number of nitrogens with zero attached hydrogens (tertiary/aromatic N) is 1. The number of hydrogen-bond donors (Lipinski definition) is 0. The first-order valence-electron chi connectivity index (χ1n) is 9.04. The second-order valence-electron chi connectivity index (χ2n) is 6.76. The highest BCUT2D eigenvalue weighted by atomic mass is 35.5. The van der Waals surface area contributed by atoms with E-state index in [0.717, 1.165) is 28.6 Å². The van der Waals surface area contributed by atoms with Gasteiger partial charge in [-0.2, -0.15) is 0 Å². The van der Waals surface area contributed by atoms with Crippen LogP contribution in [-0.4, -0.2) is 15.5 Å². The number of methoxy groups -OCH3 is 1. The highest BCUT2D eigenvalue weighted by molar-refractivity contribution is 7.92. The SMILES string of the molecule is COc1ccc(C(C)N(c2ccc(C)c(F)c2)S(=O)(=O)c2ccc(F)c(Cl)c2)cc1. The summed E-state index contributed by atoms with van der Waals surface area (Å²) in [6.07, 6.45) is 0. The van der Waals surface area contributed by atoms with E-state index >= 15 is 0 Å². The zero-order valence-electron chi connectivity index (χ0n) is 16.6. The second-order valence-corrected chi connectivity index (χ2v) is 8.98. The standard InChI is InChI=1S/C22H20ClF2NO3S/c1-14-4-7-17(12-22(14)25)26(15(2)16-5-8-18(29-3)9-6-16)30(27,28)19-10-11-21(24)20(23)13-19/h4-13,15H,1-3H3. The Labute approximate surface area is 179 Å². The van der Waals surface area contributed by atoms with E-state index < -0.39 is 27.7 Å². The Balaban J connectivity index is 2.17. The van der Waals surface area contributed by atoms with Crippen LogP contribution in [0.3, 0.4) is 0 Å². The van der Waals surface area contributed by atoms with Gasteiger partial charge < -0.3 is 4.74 Å². The normalized spacial score (nSPS) is 12.5. The Bertz CT molecular complexity index is 1170. The molecule has 0 aliphatic heterocycles. The van der Waals surface area contributed by atoms with Crippen molar-refractivity contribution in [1.29, 1.82) is 0 Å². The van der Waals surface area contributed by atoms with Crippen molar-refractivity contribution >= 4 is 27.3 Å². The molecule has 0 saturated heterocycles. The summed E-state index contributed by atoms with van der Waals surface area (Å²) in [5, 5.41) is -0.316. The van der Waals surface area contributed by atoms with Gasteiger partial charge in [0.05, 0.1) is 28.8 Å². The molecule has 30 heavy (non-hydrogen) atoms. The number of hydrogen-bond acceptors (Lipinski definition) is 3. The molecule has 0 aliphatic rings. The first-order chi connectivity index (χ1) is 14.1. The van der Waals surface area contributed by atoms with E-state index in [1.54, 1.807) is 38.1 Å². The van der Waals surface area contributed by atoms with E-state index in [-0.39, 0.29) is 15.6 Å². The summed E-state index contributed by atoms with van der Waals surface area (Å²) >= 11 is 5.81. The van der Waals surface area contributed by atoms with E-state index in [2.05, 4.69) is 0 Å². The third kappa shape index (κ3) is 4.27. The summed E-state index contributed by atoms with van der Waals surface area (Å²) < 4.78 is 61.2. The van der Waals surface area contributed by atoms with Gasteiger partial charge in [-0.3, -0.25) is 4.31 Å². The Hall–Kier alpha value is -2.64. The maximum atomic E-state index is 14.3. The Kier molecular flexibility index (Phi) is 6.33. The number of ether oxygens (including phenoxy) is 1. The van der Waals surface area contributed by atoms with Gasteiger partial charge >= 0.3 is 0 Å².